The number of carbonyl (C=O) groups is 1. The summed E-state index contributed by atoms with van der Waals surface area (Å²) in [7, 11) is 1.21. The van der Waals surface area contributed by atoms with Crippen molar-refractivity contribution in [2.75, 3.05) is 13.7 Å². The van der Waals surface area contributed by atoms with Crippen molar-refractivity contribution < 1.29 is 18.3 Å². The maximum absolute atomic E-state index is 13.7. The van der Waals surface area contributed by atoms with E-state index in [1.807, 2.05) is 0 Å². The standard InChI is InChI=1S/C13H14F2N4O2/c1-21-13(20)12-11(5-6-16)19(18-17-12)7-8-9(14)3-2-4-10(8)15/h2-4H,5-7,16H2,1H3. The summed E-state index contributed by atoms with van der Waals surface area (Å²) in [5.41, 5.74) is 5.71. The molecule has 0 aliphatic rings. The number of rotatable bonds is 5. The van der Waals surface area contributed by atoms with Crippen LogP contribution in [0.3, 0.4) is 0 Å². The zero-order chi connectivity index (χ0) is 15.4. The van der Waals surface area contributed by atoms with Crippen LogP contribution in [-0.4, -0.2) is 34.6 Å². The molecule has 0 aliphatic heterocycles. The van der Waals surface area contributed by atoms with Gasteiger partial charge in [0.1, 0.15) is 11.6 Å². The largest absolute Gasteiger partial charge is 0.464 e. The summed E-state index contributed by atoms with van der Waals surface area (Å²) < 4.78 is 33.2. The van der Waals surface area contributed by atoms with E-state index in [1.165, 1.54) is 17.9 Å². The van der Waals surface area contributed by atoms with Crippen molar-refractivity contribution in [3.8, 4) is 0 Å². The molecule has 1 aromatic carbocycles. The van der Waals surface area contributed by atoms with Crippen molar-refractivity contribution in [3.05, 3.63) is 46.8 Å². The van der Waals surface area contributed by atoms with E-state index >= 15 is 0 Å². The molecular formula is C13H14F2N4O2. The fourth-order valence-electron chi connectivity index (χ4n) is 1.93. The number of ether oxygens (including phenoxy) is 1. The first kappa shape index (κ1) is 15.0. The van der Waals surface area contributed by atoms with Gasteiger partial charge in [-0.05, 0) is 18.7 Å². The molecule has 0 spiro atoms. The summed E-state index contributed by atoms with van der Waals surface area (Å²) in [5.74, 6) is -2.05. The summed E-state index contributed by atoms with van der Waals surface area (Å²) in [6.07, 6.45) is 0.285. The van der Waals surface area contributed by atoms with E-state index in [0.29, 0.717) is 5.69 Å². The number of hydrogen-bond donors (Lipinski definition) is 1. The van der Waals surface area contributed by atoms with Crippen molar-refractivity contribution in [3.63, 3.8) is 0 Å². The van der Waals surface area contributed by atoms with E-state index in [4.69, 9.17) is 5.73 Å². The summed E-state index contributed by atoms with van der Waals surface area (Å²) in [6.45, 7) is 0.0506. The molecule has 0 saturated carbocycles. The molecule has 0 bridgehead atoms. The Labute approximate surface area is 119 Å². The van der Waals surface area contributed by atoms with Crippen LogP contribution in [0.4, 0.5) is 8.78 Å². The fraction of sp³-hybridized carbons (Fsp3) is 0.308. The van der Waals surface area contributed by atoms with Crippen LogP contribution < -0.4 is 5.73 Å². The molecule has 0 amide bonds. The van der Waals surface area contributed by atoms with Crippen LogP contribution in [0.1, 0.15) is 21.7 Å². The molecule has 6 nitrogen and oxygen atoms in total. The molecule has 1 aromatic heterocycles. The van der Waals surface area contributed by atoms with Crippen molar-refractivity contribution in [2.24, 2.45) is 5.73 Å². The minimum Gasteiger partial charge on any atom is -0.464 e. The van der Waals surface area contributed by atoms with Crippen LogP contribution in [0.5, 0.6) is 0 Å². The molecule has 8 heteroatoms. The highest BCUT2D eigenvalue weighted by Crippen LogP contribution is 2.16. The Morgan fingerprint density at radius 2 is 2.05 bits per heavy atom. The topological polar surface area (TPSA) is 83.0 Å². The van der Waals surface area contributed by atoms with Crippen molar-refractivity contribution in [2.45, 2.75) is 13.0 Å². The van der Waals surface area contributed by atoms with Crippen molar-refractivity contribution in [1.29, 1.82) is 0 Å². The SMILES string of the molecule is COC(=O)c1nnn(Cc2c(F)cccc2F)c1CCN. The quantitative estimate of drug-likeness (QED) is 0.829. The molecule has 0 saturated heterocycles. The molecule has 2 rings (SSSR count). The molecule has 0 radical (unpaired) electrons. The van der Waals surface area contributed by atoms with Crippen LogP contribution in [-0.2, 0) is 17.7 Å². The second-order valence-corrected chi connectivity index (χ2v) is 4.27. The van der Waals surface area contributed by atoms with E-state index in [2.05, 4.69) is 15.0 Å². The first-order valence-electron chi connectivity index (χ1n) is 6.22. The Morgan fingerprint density at radius 3 is 2.62 bits per heavy atom. The van der Waals surface area contributed by atoms with E-state index in [1.54, 1.807) is 0 Å². The number of halogens is 2. The molecule has 0 fully saturated rings. The predicted octanol–water partition coefficient (Wildman–Crippen LogP) is 0.892. The normalized spacial score (nSPS) is 10.7. The van der Waals surface area contributed by atoms with Gasteiger partial charge in [0.05, 0.1) is 19.3 Å². The summed E-state index contributed by atoms with van der Waals surface area (Å²) in [5, 5.41) is 7.46. The van der Waals surface area contributed by atoms with E-state index in [9.17, 15) is 13.6 Å². The van der Waals surface area contributed by atoms with E-state index in [0.717, 1.165) is 12.1 Å². The lowest BCUT2D eigenvalue weighted by Crippen LogP contribution is -2.15. The third-order valence-electron chi connectivity index (χ3n) is 2.97. The molecular weight excluding hydrogens is 282 g/mol. The van der Waals surface area contributed by atoms with Crippen LogP contribution in [0.25, 0.3) is 0 Å². The third kappa shape index (κ3) is 3.05. The Kier molecular flexibility index (Phi) is 4.59. The van der Waals surface area contributed by atoms with Gasteiger partial charge in [0.2, 0.25) is 0 Å². The highest BCUT2D eigenvalue weighted by atomic mass is 19.1. The van der Waals surface area contributed by atoms with Gasteiger partial charge in [0, 0.05) is 12.0 Å². The number of methoxy groups -OCH3 is 1. The monoisotopic (exact) mass is 296 g/mol. The minimum atomic E-state index is -0.691. The number of esters is 1. The van der Waals surface area contributed by atoms with E-state index in [-0.39, 0.29) is 30.8 Å². The first-order chi connectivity index (χ1) is 10.1. The number of carbonyl (C=O) groups excluding carboxylic acids is 1. The van der Waals surface area contributed by atoms with Gasteiger partial charge in [-0.25, -0.2) is 18.3 Å². The lowest BCUT2D eigenvalue weighted by Gasteiger charge is -2.08. The number of nitrogens with two attached hydrogens (primary N) is 1. The molecule has 0 atom stereocenters. The van der Waals surface area contributed by atoms with Crippen LogP contribution >= 0.6 is 0 Å². The zero-order valence-corrected chi connectivity index (χ0v) is 11.3. The zero-order valence-electron chi connectivity index (χ0n) is 11.3. The summed E-state index contributed by atoms with van der Waals surface area (Å²) in [6, 6.07) is 3.58. The number of benzene rings is 1. The molecule has 0 aliphatic carbocycles. The summed E-state index contributed by atoms with van der Waals surface area (Å²) in [4.78, 5) is 11.6. The number of aromatic nitrogens is 3. The Morgan fingerprint density at radius 1 is 1.38 bits per heavy atom. The third-order valence-corrected chi connectivity index (χ3v) is 2.97. The van der Waals surface area contributed by atoms with Crippen LogP contribution in [0.15, 0.2) is 18.2 Å². The maximum Gasteiger partial charge on any atom is 0.360 e. The second-order valence-electron chi connectivity index (χ2n) is 4.27. The van der Waals surface area contributed by atoms with Gasteiger partial charge < -0.3 is 10.5 Å². The average Bonchev–Trinajstić information content (AvgIpc) is 2.86. The predicted molar refractivity (Wildman–Crippen MR) is 69.6 cm³/mol. The first-order valence-corrected chi connectivity index (χ1v) is 6.22. The molecule has 2 aromatic rings. The average molecular weight is 296 g/mol. The van der Waals surface area contributed by atoms with Gasteiger partial charge in [-0.2, -0.15) is 0 Å². The second kappa shape index (κ2) is 6.40. The minimum absolute atomic E-state index is 0.000280. The molecule has 112 valence electrons. The van der Waals surface area contributed by atoms with Crippen LogP contribution in [0.2, 0.25) is 0 Å². The molecule has 21 heavy (non-hydrogen) atoms. The highest BCUT2D eigenvalue weighted by Gasteiger charge is 2.21. The van der Waals surface area contributed by atoms with Gasteiger partial charge in [-0.1, -0.05) is 11.3 Å². The lowest BCUT2D eigenvalue weighted by atomic mass is 10.2. The van der Waals surface area contributed by atoms with Gasteiger partial charge in [-0.15, -0.1) is 5.10 Å². The van der Waals surface area contributed by atoms with E-state index < -0.39 is 17.6 Å². The number of hydrogen-bond acceptors (Lipinski definition) is 5. The summed E-state index contributed by atoms with van der Waals surface area (Å²) >= 11 is 0. The van der Waals surface area contributed by atoms with Crippen molar-refractivity contribution in [1.82, 2.24) is 15.0 Å². The lowest BCUT2D eigenvalue weighted by molar-refractivity contribution is 0.0592. The maximum atomic E-state index is 13.7. The highest BCUT2D eigenvalue weighted by molar-refractivity contribution is 5.88. The smallest absolute Gasteiger partial charge is 0.360 e. The molecule has 1 heterocycles. The molecule has 0 unspecified atom stereocenters. The van der Waals surface area contributed by atoms with Crippen LogP contribution in [0, 0.1) is 11.6 Å². The van der Waals surface area contributed by atoms with Gasteiger partial charge >= 0.3 is 5.97 Å². The Hall–Kier alpha value is -2.35. The number of nitrogens with zero attached hydrogens (tertiary/aromatic N) is 3. The van der Waals surface area contributed by atoms with Gasteiger partial charge in [0.15, 0.2) is 5.69 Å². The fourth-order valence-corrected chi connectivity index (χ4v) is 1.93. The Bertz CT molecular complexity index is 637. The Balaban J connectivity index is 2.40. The van der Waals surface area contributed by atoms with Gasteiger partial charge in [0.25, 0.3) is 0 Å². The van der Waals surface area contributed by atoms with Crippen molar-refractivity contribution >= 4 is 5.97 Å². The van der Waals surface area contributed by atoms with Gasteiger partial charge in [-0.3, -0.25) is 0 Å². The molecule has 2 N–H and O–H groups in total.